The molecule has 33 heavy (non-hydrogen) atoms. The zero-order valence-corrected chi connectivity index (χ0v) is 19.2. The Morgan fingerprint density at radius 1 is 1.15 bits per heavy atom. The monoisotopic (exact) mass is 470 g/mol. The van der Waals surface area contributed by atoms with Gasteiger partial charge in [0.15, 0.2) is 5.82 Å². The minimum absolute atomic E-state index is 0. The van der Waals surface area contributed by atoms with E-state index in [9.17, 15) is 15.0 Å². The lowest BCUT2D eigenvalue weighted by Crippen LogP contribution is -2.48. The summed E-state index contributed by atoms with van der Waals surface area (Å²) >= 11 is 0. The fourth-order valence-electron chi connectivity index (χ4n) is 4.76. The molecule has 9 heteroatoms. The molecule has 5 rings (SSSR count). The van der Waals surface area contributed by atoms with Crippen molar-refractivity contribution in [3.8, 4) is 17.1 Å². The highest BCUT2D eigenvalue weighted by atomic mass is 35.5. The highest BCUT2D eigenvalue weighted by Crippen LogP contribution is 2.34. The molecule has 0 unspecified atom stereocenters. The van der Waals surface area contributed by atoms with Crippen LogP contribution in [0.4, 0.5) is 10.6 Å². The lowest BCUT2D eigenvalue weighted by Gasteiger charge is -2.31. The number of aryl methyl sites for hydroxylation is 1. The molecule has 2 aliphatic heterocycles. The first-order valence-electron chi connectivity index (χ1n) is 10.9. The number of para-hydroxylation sites is 1. The van der Waals surface area contributed by atoms with Crippen molar-refractivity contribution in [1.82, 2.24) is 14.9 Å². The van der Waals surface area contributed by atoms with E-state index in [1.807, 2.05) is 31.2 Å². The average Bonchev–Trinajstić information content (AvgIpc) is 3.46. The minimum atomic E-state index is -0.898. The summed E-state index contributed by atoms with van der Waals surface area (Å²) in [5, 5.41) is 21.2. The van der Waals surface area contributed by atoms with Gasteiger partial charge in [0, 0.05) is 25.1 Å². The van der Waals surface area contributed by atoms with E-state index < -0.39 is 6.09 Å². The Morgan fingerprint density at radius 3 is 2.70 bits per heavy atom. The molecule has 2 atom stereocenters. The number of aromatic nitrogens is 2. The molecule has 8 nitrogen and oxygen atoms in total. The third kappa shape index (κ3) is 4.41. The molecule has 1 aromatic heterocycles. The fraction of sp³-hybridized carbons (Fsp3) is 0.375. The van der Waals surface area contributed by atoms with E-state index in [-0.39, 0.29) is 30.2 Å². The molecule has 3 heterocycles. The van der Waals surface area contributed by atoms with Gasteiger partial charge in [-0.2, -0.15) is 0 Å². The van der Waals surface area contributed by atoms with Crippen LogP contribution in [0.2, 0.25) is 0 Å². The van der Waals surface area contributed by atoms with Crippen molar-refractivity contribution in [3.63, 3.8) is 0 Å². The van der Waals surface area contributed by atoms with Gasteiger partial charge in [0.05, 0.1) is 29.8 Å². The first kappa shape index (κ1) is 23.1. The lowest BCUT2D eigenvalue weighted by molar-refractivity contribution is 0.0928. The number of phenolic OH excluding ortho intramolecular Hbond substituents is 1. The van der Waals surface area contributed by atoms with Crippen molar-refractivity contribution in [3.05, 3.63) is 48.0 Å². The summed E-state index contributed by atoms with van der Waals surface area (Å²) in [7, 11) is 0. The Labute approximate surface area is 198 Å². The number of benzene rings is 2. The highest BCUT2D eigenvalue weighted by Gasteiger charge is 2.37. The molecule has 0 aliphatic carbocycles. The second-order valence-electron chi connectivity index (χ2n) is 8.50. The Kier molecular flexibility index (Phi) is 6.58. The van der Waals surface area contributed by atoms with Crippen LogP contribution in [0.1, 0.15) is 18.4 Å². The second-order valence-corrected chi connectivity index (χ2v) is 8.50. The number of aromatic hydroxyl groups is 1. The lowest BCUT2D eigenvalue weighted by atomic mass is 10.1. The Bertz CT molecular complexity index is 1170. The van der Waals surface area contributed by atoms with Crippen molar-refractivity contribution in [1.29, 1.82) is 0 Å². The molecule has 2 fully saturated rings. The topological polar surface area (TPSA) is 99.0 Å². The number of carboxylic acid groups (broad SMARTS) is 1. The quantitative estimate of drug-likeness (QED) is 0.592. The van der Waals surface area contributed by atoms with Crippen molar-refractivity contribution < 1.29 is 19.7 Å². The third-order valence-corrected chi connectivity index (χ3v) is 6.35. The molecule has 1 amide bonds. The number of rotatable bonds is 4. The van der Waals surface area contributed by atoms with E-state index in [2.05, 4.69) is 4.90 Å². The van der Waals surface area contributed by atoms with Crippen molar-refractivity contribution in [2.75, 3.05) is 31.2 Å². The van der Waals surface area contributed by atoms with Crippen molar-refractivity contribution >= 4 is 35.2 Å². The normalized spacial score (nSPS) is 20.1. The predicted molar refractivity (Wildman–Crippen MR) is 128 cm³/mol. The molecule has 0 radical (unpaired) electrons. The van der Waals surface area contributed by atoms with Crippen molar-refractivity contribution in [2.24, 2.45) is 0 Å². The number of hydrogen-bond acceptors (Lipinski definition) is 6. The van der Waals surface area contributed by atoms with Gasteiger partial charge in [-0.05, 0) is 49.6 Å². The number of amides is 1. The number of ether oxygens (including phenoxy) is 1. The van der Waals surface area contributed by atoms with Gasteiger partial charge in [0.2, 0.25) is 0 Å². The van der Waals surface area contributed by atoms with Crippen LogP contribution in [0.15, 0.2) is 42.5 Å². The number of hydrogen-bond donors (Lipinski definition) is 2. The number of phenols is 1. The maximum atomic E-state index is 12.0. The summed E-state index contributed by atoms with van der Waals surface area (Å²) in [5.41, 5.74) is 2.46. The maximum absolute atomic E-state index is 12.0. The molecule has 2 aromatic carbocycles. The molecule has 2 N–H and O–H groups in total. The van der Waals surface area contributed by atoms with Gasteiger partial charge >= 0.3 is 6.09 Å². The number of nitrogens with zero attached hydrogens (tertiary/aromatic N) is 4. The van der Waals surface area contributed by atoms with Crippen LogP contribution < -0.4 is 4.90 Å². The molecule has 174 valence electrons. The van der Waals surface area contributed by atoms with Gasteiger partial charge < -0.3 is 19.8 Å². The van der Waals surface area contributed by atoms with E-state index in [1.54, 1.807) is 23.1 Å². The smallest absolute Gasteiger partial charge is 0.407 e. The number of anilines is 1. The third-order valence-electron chi connectivity index (χ3n) is 6.35. The van der Waals surface area contributed by atoms with Gasteiger partial charge in [0.25, 0.3) is 0 Å². The summed E-state index contributed by atoms with van der Waals surface area (Å²) in [6.07, 6.45) is 0.563. The van der Waals surface area contributed by atoms with Crippen LogP contribution in [-0.4, -0.2) is 69.6 Å². The highest BCUT2D eigenvalue weighted by molar-refractivity contribution is 5.92. The van der Waals surface area contributed by atoms with Crippen LogP contribution in [-0.2, 0) is 4.74 Å². The zero-order valence-electron chi connectivity index (χ0n) is 18.3. The predicted octanol–water partition coefficient (Wildman–Crippen LogP) is 4.08. The Hall–Kier alpha value is -3.10. The van der Waals surface area contributed by atoms with Gasteiger partial charge in [-0.3, -0.25) is 4.90 Å². The summed E-state index contributed by atoms with van der Waals surface area (Å²) in [6.45, 7) is 4.33. The van der Waals surface area contributed by atoms with Crippen LogP contribution in [0.3, 0.4) is 0 Å². The van der Waals surface area contributed by atoms with E-state index in [1.165, 1.54) is 0 Å². The minimum Gasteiger partial charge on any atom is -0.507 e. The zero-order chi connectivity index (χ0) is 22.2. The Balaban J connectivity index is 0.00000259. The summed E-state index contributed by atoms with van der Waals surface area (Å²) < 4.78 is 5.44. The molecular formula is C24H27ClN4O4. The summed E-state index contributed by atoms with van der Waals surface area (Å²) in [4.78, 5) is 25.3. The molecular weight excluding hydrogens is 444 g/mol. The fourth-order valence-corrected chi connectivity index (χ4v) is 4.76. The number of carbonyl (C=O) groups is 1. The van der Waals surface area contributed by atoms with Gasteiger partial charge in [-0.15, -0.1) is 12.4 Å². The van der Waals surface area contributed by atoms with E-state index in [0.717, 1.165) is 35.1 Å². The average molecular weight is 471 g/mol. The largest absolute Gasteiger partial charge is 0.507 e. The summed E-state index contributed by atoms with van der Waals surface area (Å²) in [5.74, 6) is 1.35. The van der Waals surface area contributed by atoms with Crippen molar-refractivity contribution in [2.45, 2.75) is 31.8 Å². The SMILES string of the molecule is Cc1ccc2c(N3CC[C@@H](N(C(=O)O)[C@H]4CCOC4)C3)nc(-c3ccccc3O)nc2c1.Cl. The molecule has 2 saturated heterocycles. The van der Waals surface area contributed by atoms with Crippen LogP contribution >= 0.6 is 12.4 Å². The molecule has 2 aliphatic rings. The number of fused-ring (bicyclic) bond motifs is 1. The van der Waals surface area contributed by atoms with E-state index in [4.69, 9.17) is 14.7 Å². The van der Waals surface area contributed by atoms with Crippen LogP contribution in [0.25, 0.3) is 22.3 Å². The summed E-state index contributed by atoms with van der Waals surface area (Å²) in [6, 6.07) is 12.9. The number of halogens is 1. The Morgan fingerprint density at radius 2 is 1.97 bits per heavy atom. The molecule has 3 aromatic rings. The maximum Gasteiger partial charge on any atom is 0.407 e. The van der Waals surface area contributed by atoms with Gasteiger partial charge in [0.1, 0.15) is 11.6 Å². The molecule has 0 bridgehead atoms. The van der Waals surface area contributed by atoms with Crippen LogP contribution in [0, 0.1) is 6.92 Å². The molecule has 0 saturated carbocycles. The first-order valence-corrected chi connectivity index (χ1v) is 10.9. The van der Waals surface area contributed by atoms with E-state index in [0.29, 0.717) is 37.7 Å². The molecule has 0 spiro atoms. The van der Waals surface area contributed by atoms with Crippen LogP contribution in [0.5, 0.6) is 5.75 Å². The van der Waals surface area contributed by atoms with Gasteiger partial charge in [-0.25, -0.2) is 14.8 Å². The second kappa shape index (κ2) is 9.41. The standard InChI is InChI=1S/C24H26N4O4.ClH/c1-15-6-7-18-20(12-15)25-22(19-4-2-3-5-21(19)29)26-23(18)27-10-8-16(13-27)28(24(30)31)17-9-11-32-14-17;/h2-7,12,16-17,29H,8-11,13-14H2,1H3,(H,30,31);1H/t16-,17+;/m1./s1. The first-order chi connectivity index (χ1) is 15.5. The van der Waals surface area contributed by atoms with Gasteiger partial charge in [-0.1, -0.05) is 18.2 Å². The van der Waals surface area contributed by atoms with E-state index >= 15 is 0 Å².